The van der Waals surface area contributed by atoms with Crippen molar-refractivity contribution >= 4 is 11.3 Å². The molecular weight excluding hydrogens is 436 g/mol. The molecule has 190 valence electrons. The number of likely N-dealkylation sites (N-methyl/N-ethyl adjacent to an activating group) is 1. The molecule has 3 rings (SSSR count). The second-order valence-electron chi connectivity index (χ2n) is 10.4. The lowest BCUT2D eigenvalue weighted by Crippen LogP contribution is -2.55. The lowest BCUT2D eigenvalue weighted by atomic mass is 9.82. The predicted octanol–water partition coefficient (Wildman–Crippen LogP) is 4.30. The van der Waals surface area contributed by atoms with E-state index in [1.165, 1.54) is 5.57 Å². The van der Waals surface area contributed by atoms with E-state index in [1.807, 2.05) is 19.1 Å². The zero-order chi connectivity index (χ0) is 25.9. The first-order valence-electron chi connectivity index (χ1n) is 12.6. The minimum Gasteiger partial charge on any atom is -0.494 e. The lowest BCUT2D eigenvalue weighted by molar-refractivity contribution is 0.128. The van der Waals surface area contributed by atoms with E-state index in [-0.39, 0.29) is 24.7 Å². The first kappa shape index (κ1) is 26.7. The van der Waals surface area contributed by atoms with Crippen LogP contribution in [0.2, 0.25) is 0 Å². The van der Waals surface area contributed by atoms with Gasteiger partial charge < -0.3 is 24.4 Å². The van der Waals surface area contributed by atoms with Gasteiger partial charge in [-0.05, 0) is 43.4 Å². The topological polar surface area (TPSA) is 45.2 Å². The van der Waals surface area contributed by atoms with Crippen molar-refractivity contribution in [1.82, 2.24) is 9.80 Å². The van der Waals surface area contributed by atoms with Crippen LogP contribution in [-0.4, -0.2) is 54.4 Å². The molecule has 1 aromatic carbocycles. The minimum atomic E-state index is -0.0192. The summed E-state index contributed by atoms with van der Waals surface area (Å²) in [7, 11) is 2.17. The molecule has 1 fully saturated rings. The molecule has 2 aliphatic rings. The summed E-state index contributed by atoms with van der Waals surface area (Å²) >= 11 is 0. The second-order valence-corrected chi connectivity index (χ2v) is 10.4. The Morgan fingerprint density at radius 1 is 1.23 bits per heavy atom. The Bertz CT molecular complexity index is 1170. The summed E-state index contributed by atoms with van der Waals surface area (Å²) in [6, 6.07) is 6.44. The number of hydrogen-bond donors (Lipinski definition) is 1. The van der Waals surface area contributed by atoms with Crippen molar-refractivity contribution in [2.24, 2.45) is 5.41 Å². The van der Waals surface area contributed by atoms with Crippen LogP contribution >= 0.6 is 0 Å². The molecule has 2 aliphatic heterocycles. The van der Waals surface area contributed by atoms with Gasteiger partial charge >= 0.3 is 0 Å². The molecule has 0 aromatic heterocycles. The van der Waals surface area contributed by atoms with Gasteiger partial charge in [-0.3, -0.25) is 0 Å². The van der Waals surface area contributed by atoms with E-state index in [9.17, 15) is 5.11 Å². The van der Waals surface area contributed by atoms with Crippen LogP contribution < -0.4 is 15.2 Å². The maximum atomic E-state index is 9.38. The lowest BCUT2D eigenvalue weighted by Gasteiger charge is -2.50. The third-order valence-corrected chi connectivity index (χ3v) is 6.82. The summed E-state index contributed by atoms with van der Waals surface area (Å²) in [6.07, 6.45) is 5.23. The highest BCUT2D eigenvalue weighted by Crippen LogP contribution is 2.41. The Morgan fingerprint density at radius 3 is 2.54 bits per heavy atom. The Kier molecular flexibility index (Phi) is 8.22. The summed E-state index contributed by atoms with van der Waals surface area (Å²) in [5.74, 6) is 1.45. The first-order valence-corrected chi connectivity index (χ1v) is 12.6. The van der Waals surface area contributed by atoms with Gasteiger partial charge in [-0.2, -0.15) is 0 Å². The molecule has 1 aromatic rings. The Balaban J connectivity index is 2.35. The number of ether oxygens (including phenoxy) is 2. The smallest absolute Gasteiger partial charge is 0.127 e. The van der Waals surface area contributed by atoms with Crippen molar-refractivity contribution in [2.75, 3.05) is 33.4 Å². The summed E-state index contributed by atoms with van der Waals surface area (Å²) < 4.78 is 11.8. The Morgan fingerprint density at radius 2 is 1.94 bits per heavy atom. The van der Waals surface area contributed by atoms with Crippen LogP contribution in [0.5, 0.6) is 5.75 Å². The average Bonchev–Trinajstić information content (AvgIpc) is 2.80. The van der Waals surface area contributed by atoms with Gasteiger partial charge in [0.25, 0.3) is 0 Å². The van der Waals surface area contributed by atoms with Gasteiger partial charge in [0.05, 0.1) is 30.6 Å². The van der Waals surface area contributed by atoms with E-state index in [0.29, 0.717) is 12.4 Å². The highest BCUT2D eigenvalue weighted by Gasteiger charge is 2.40. The molecule has 1 N–H and O–H groups in total. The molecule has 0 aliphatic carbocycles. The number of fused-ring (bicyclic) bond motifs is 1. The van der Waals surface area contributed by atoms with Crippen molar-refractivity contribution in [3.8, 4) is 5.75 Å². The normalized spacial score (nSPS) is 20.7. The van der Waals surface area contributed by atoms with Crippen LogP contribution in [0.3, 0.4) is 0 Å². The van der Waals surface area contributed by atoms with Crippen molar-refractivity contribution in [2.45, 2.75) is 54.0 Å². The van der Waals surface area contributed by atoms with Crippen LogP contribution in [0, 0.1) is 5.41 Å². The molecule has 0 saturated carbocycles. The van der Waals surface area contributed by atoms with Gasteiger partial charge in [-0.25, -0.2) is 0 Å². The first-order chi connectivity index (χ1) is 16.5. The number of benzene rings is 1. The third kappa shape index (κ3) is 5.35. The molecular formula is C30H42N2O3. The Labute approximate surface area is 211 Å². The van der Waals surface area contributed by atoms with Crippen molar-refractivity contribution in [1.29, 1.82) is 0 Å². The second kappa shape index (κ2) is 10.8. The van der Waals surface area contributed by atoms with E-state index in [2.05, 4.69) is 83.0 Å². The SMILES string of the molecule is C=C1C=C2/C(=c3\cccc(OCCO)c3=C(C)CC)N(C)CC(C(C)(C)C)N2C=C1C(=C)OCC. The van der Waals surface area contributed by atoms with Gasteiger partial charge in [0.1, 0.15) is 18.1 Å². The van der Waals surface area contributed by atoms with Crippen molar-refractivity contribution in [3.63, 3.8) is 0 Å². The number of nitrogens with zero attached hydrogens (tertiary/aromatic N) is 2. The van der Waals surface area contributed by atoms with Gasteiger partial charge in [0.15, 0.2) is 0 Å². The minimum absolute atomic E-state index is 0.0192. The molecule has 1 atom stereocenters. The van der Waals surface area contributed by atoms with Crippen LogP contribution in [0.1, 0.15) is 48.0 Å². The molecule has 2 heterocycles. The van der Waals surface area contributed by atoms with E-state index in [1.54, 1.807) is 0 Å². The van der Waals surface area contributed by atoms with Crippen LogP contribution in [0.4, 0.5) is 0 Å². The quantitative estimate of drug-likeness (QED) is 0.592. The molecule has 35 heavy (non-hydrogen) atoms. The van der Waals surface area contributed by atoms with Crippen LogP contribution in [0.25, 0.3) is 11.3 Å². The molecule has 1 saturated heterocycles. The summed E-state index contributed by atoms with van der Waals surface area (Å²) in [5.41, 5.74) is 5.36. The highest BCUT2D eigenvalue weighted by atomic mass is 16.5. The standard InChI is InChI=1S/C30H42N2O3/c1-10-20(3)28-23(13-12-14-26(28)35-16-15-33)29-25-17-21(4)24(22(5)34-11-2)18-32(25)27(19-31(29)9)30(6,7)8/h12-14,17-18,27,33H,4-5,10-11,15-16,19H2,1-3,6-9H3/b28-20?,29-23-. The molecule has 1 unspecified atom stereocenters. The molecule has 0 spiro atoms. The van der Waals surface area contributed by atoms with E-state index < -0.39 is 0 Å². The monoisotopic (exact) mass is 478 g/mol. The maximum absolute atomic E-state index is 9.38. The molecule has 5 nitrogen and oxygen atoms in total. The van der Waals surface area contributed by atoms with E-state index in [4.69, 9.17) is 9.47 Å². The number of aliphatic hydroxyl groups is 1. The average molecular weight is 479 g/mol. The van der Waals surface area contributed by atoms with E-state index >= 15 is 0 Å². The summed E-state index contributed by atoms with van der Waals surface area (Å²) in [4.78, 5) is 4.75. The fraction of sp³-hybridized carbons (Fsp3) is 0.467. The fourth-order valence-electron chi connectivity index (χ4n) is 4.85. The van der Waals surface area contributed by atoms with Gasteiger partial charge in [-0.15, -0.1) is 0 Å². The van der Waals surface area contributed by atoms with Gasteiger partial charge in [-0.1, -0.05) is 58.6 Å². The fourth-order valence-corrected chi connectivity index (χ4v) is 4.85. The molecule has 0 bridgehead atoms. The molecule has 5 heteroatoms. The molecule has 0 amide bonds. The van der Waals surface area contributed by atoms with E-state index in [0.717, 1.165) is 51.7 Å². The number of piperazine rings is 1. The summed E-state index contributed by atoms with van der Waals surface area (Å²) in [6.45, 7) is 23.3. The van der Waals surface area contributed by atoms with Crippen molar-refractivity contribution < 1.29 is 14.6 Å². The highest BCUT2D eigenvalue weighted by molar-refractivity contribution is 5.70. The predicted molar refractivity (Wildman–Crippen MR) is 145 cm³/mol. The van der Waals surface area contributed by atoms with Crippen LogP contribution in [0.15, 0.2) is 66.2 Å². The Hall–Kier alpha value is -2.92. The number of aliphatic hydroxyl groups excluding tert-OH is 1. The zero-order valence-electron chi connectivity index (χ0n) is 22.6. The van der Waals surface area contributed by atoms with Gasteiger partial charge in [0.2, 0.25) is 0 Å². The molecule has 0 radical (unpaired) electrons. The van der Waals surface area contributed by atoms with Gasteiger partial charge in [0, 0.05) is 35.8 Å². The zero-order valence-corrected chi connectivity index (χ0v) is 22.6. The van der Waals surface area contributed by atoms with Crippen molar-refractivity contribution in [3.05, 3.63) is 76.7 Å². The largest absolute Gasteiger partial charge is 0.494 e. The van der Waals surface area contributed by atoms with Crippen LogP contribution in [-0.2, 0) is 4.74 Å². The number of rotatable bonds is 7. The number of allylic oxidation sites excluding steroid dienone is 2. The summed E-state index contributed by atoms with van der Waals surface area (Å²) in [5, 5.41) is 11.6. The third-order valence-electron chi connectivity index (χ3n) is 6.82. The maximum Gasteiger partial charge on any atom is 0.127 e. The number of hydrogen-bond acceptors (Lipinski definition) is 5.